The van der Waals surface area contributed by atoms with Gasteiger partial charge in [-0.3, -0.25) is 4.90 Å². The highest BCUT2D eigenvalue weighted by molar-refractivity contribution is 5.69. The lowest BCUT2D eigenvalue weighted by molar-refractivity contribution is 0.395. The number of hydrogen-bond donors (Lipinski definition) is 0. The van der Waals surface area contributed by atoms with E-state index in [1.165, 1.54) is 16.7 Å². The first-order chi connectivity index (χ1) is 16.3. The molecule has 0 aliphatic carbocycles. The molecule has 0 saturated carbocycles. The summed E-state index contributed by atoms with van der Waals surface area (Å²) in [7, 11) is 1.72. The minimum atomic E-state index is -0.115. The molecule has 0 radical (unpaired) electrons. The van der Waals surface area contributed by atoms with Crippen molar-refractivity contribution in [2.24, 2.45) is 0 Å². The number of fused-ring (bicyclic) bond motifs is 7. The Labute approximate surface area is 193 Å². The SMILES string of the molecule is COc1ccc([C@@]23CN2[C@@H]2c4ccccc4Oc4ccccc4N2[C@@H]3c2ccccc2)cc1. The van der Waals surface area contributed by atoms with E-state index in [0.717, 1.165) is 29.5 Å². The Kier molecular flexibility index (Phi) is 3.91. The third-order valence-corrected chi connectivity index (χ3v) is 7.38. The van der Waals surface area contributed by atoms with Crippen molar-refractivity contribution in [3.63, 3.8) is 0 Å². The van der Waals surface area contributed by atoms with Crippen molar-refractivity contribution in [1.82, 2.24) is 4.90 Å². The first kappa shape index (κ1) is 18.8. The molecule has 4 heteroatoms. The van der Waals surface area contributed by atoms with Crippen molar-refractivity contribution in [2.45, 2.75) is 17.7 Å². The summed E-state index contributed by atoms with van der Waals surface area (Å²) in [4.78, 5) is 5.20. The van der Waals surface area contributed by atoms with Gasteiger partial charge in [-0.05, 0) is 41.5 Å². The van der Waals surface area contributed by atoms with Gasteiger partial charge in [0.25, 0.3) is 0 Å². The fourth-order valence-electron chi connectivity index (χ4n) is 5.91. The van der Waals surface area contributed by atoms with Crippen LogP contribution in [0.25, 0.3) is 0 Å². The molecule has 2 fully saturated rings. The summed E-state index contributed by atoms with van der Waals surface area (Å²) in [6.45, 7) is 0.997. The molecule has 3 heterocycles. The molecule has 0 N–H and O–H groups in total. The van der Waals surface area contributed by atoms with E-state index in [1.54, 1.807) is 7.11 Å². The van der Waals surface area contributed by atoms with E-state index >= 15 is 0 Å². The highest BCUT2D eigenvalue weighted by Crippen LogP contribution is 2.68. The predicted molar refractivity (Wildman–Crippen MR) is 129 cm³/mol. The molecule has 162 valence electrons. The summed E-state index contributed by atoms with van der Waals surface area (Å²) in [5, 5.41) is 0. The molecule has 7 rings (SSSR count). The second-order valence-corrected chi connectivity index (χ2v) is 8.98. The average molecular weight is 433 g/mol. The Morgan fingerprint density at radius 2 is 1.48 bits per heavy atom. The van der Waals surface area contributed by atoms with Crippen LogP contribution in [0.4, 0.5) is 5.69 Å². The van der Waals surface area contributed by atoms with Gasteiger partial charge in [0.2, 0.25) is 0 Å². The van der Waals surface area contributed by atoms with Crippen LogP contribution in [0.15, 0.2) is 103 Å². The lowest BCUT2D eigenvalue weighted by Crippen LogP contribution is -2.34. The lowest BCUT2D eigenvalue weighted by Gasteiger charge is -2.36. The van der Waals surface area contributed by atoms with Crippen LogP contribution in [0.1, 0.15) is 28.9 Å². The van der Waals surface area contributed by atoms with Crippen LogP contribution in [-0.2, 0) is 5.54 Å². The fourth-order valence-corrected chi connectivity index (χ4v) is 5.91. The van der Waals surface area contributed by atoms with Gasteiger partial charge in [-0.1, -0.05) is 72.8 Å². The molecule has 4 nitrogen and oxygen atoms in total. The summed E-state index contributed by atoms with van der Waals surface area (Å²) in [6, 6.07) is 36.6. The van der Waals surface area contributed by atoms with Crippen LogP contribution in [0, 0.1) is 0 Å². The molecule has 0 aromatic heterocycles. The maximum absolute atomic E-state index is 6.47. The number of hydrogen-bond acceptors (Lipinski definition) is 4. The number of benzene rings is 4. The molecule has 4 atom stereocenters. The van der Waals surface area contributed by atoms with Gasteiger partial charge in [-0.2, -0.15) is 0 Å². The number of anilines is 1. The minimum Gasteiger partial charge on any atom is -0.497 e. The maximum Gasteiger partial charge on any atom is 0.150 e. The maximum atomic E-state index is 6.47. The topological polar surface area (TPSA) is 24.7 Å². The third kappa shape index (κ3) is 2.55. The zero-order valence-electron chi connectivity index (χ0n) is 18.4. The Morgan fingerprint density at radius 1 is 0.788 bits per heavy atom. The van der Waals surface area contributed by atoms with Crippen molar-refractivity contribution in [3.8, 4) is 17.2 Å². The monoisotopic (exact) mass is 432 g/mol. The summed E-state index contributed by atoms with van der Waals surface area (Å²) in [5.41, 5.74) is 4.86. The zero-order chi connectivity index (χ0) is 22.0. The molecule has 4 aromatic carbocycles. The van der Waals surface area contributed by atoms with Gasteiger partial charge in [0, 0.05) is 12.1 Å². The molecule has 33 heavy (non-hydrogen) atoms. The summed E-state index contributed by atoms with van der Waals surface area (Å²) >= 11 is 0. The number of methoxy groups -OCH3 is 1. The second kappa shape index (κ2) is 6.87. The molecule has 4 aromatic rings. The minimum absolute atomic E-state index is 0.0946. The molecular weight excluding hydrogens is 408 g/mol. The summed E-state index contributed by atoms with van der Waals surface area (Å²) in [6.07, 6.45) is 0.0946. The van der Waals surface area contributed by atoms with Gasteiger partial charge in [-0.25, -0.2) is 0 Å². The van der Waals surface area contributed by atoms with Crippen LogP contribution >= 0.6 is 0 Å². The van der Waals surface area contributed by atoms with E-state index in [4.69, 9.17) is 9.47 Å². The molecule has 2 saturated heterocycles. The largest absolute Gasteiger partial charge is 0.497 e. The lowest BCUT2D eigenvalue weighted by atomic mass is 9.85. The Morgan fingerprint density at radius 3 is 2.27 bits per heavy atom. The molecule has 3 aliphatic heterocycles. The van der Waals surface area contributed by atoms with E-state index in [9.17, 15) is 0 Å². The van der Waals surface area contributed by atoms with E-state index in [2.05, 4.69) is 113 Å². The molecule has 1 unspecified atom stereocenters. The van der Waals surface area contributed by atoms with Gasteiger partial charge >= 0.3 is 0 Å². The van der Waals surface area contributed by atoms with Crippen molar-refractivity contribution in [3.05, 3.63) is 120 Å². The molecular formula is C29H24N2O2. The summed E-state index contributed by atoms with van der Waals surface area (Å²) < 4.78 is 11.9. The predicted octanol–water partition coefficient (Wildman–Crippen LogP) is 6.27. The zero-order valence-corrected chi connectivity index (χ0v) is 18.4. The van der Waals surface area contributed by atoms with Gasteiger partial charge in [0.05, 0.1) is 24.4 Å². The molecule has 0 spiro atoms. The number of rotatable bonds is 3. The number of ether oxygens (including phenoxy) is 2. The van der Waals surface area contributed by atoms with Crippen molar-refractivity contribution in [1.29, 1.82) is 0 Å². The second-order valence-electron chi connectivity index (χ2n) is 8.98. The quantitative estimate of drug-likeness (QED) is 0.356. The first-order valence-electron chi connectivity index (χ1n) is 11.4. The van der Waals surface area contributed by atoms with Crippen LogP contribution in [0.2, 0.25) is 0 Å². The van der Waals surface area contributed by atoms with Gasteiger partial charge in [0.1, 0.15) is 17.7 Å². The van der Waals surface area contributed by atoms with Gasteiger partial charge in [-0.15, -0.1) is 0 Å². The fraction of sp³-hybridized carbons (Fsp3) is 0.172. The Hall–Kier alpha value is -3.76. The number of nitrogens with zero attached hydrogens (tertiary/aromatic N) is 2. The molecule has 0 bridgehead atoms. The van der Waals surface area contributed by atoms with Crippen LogP contribution in [-0.4, -0.2) is 18.6 Å². The van der Waals surface area contributed by atoms with Crippen LogP contribution in [0.5, 0.6) is 17.2 Å². The summed E-state index contributed by atoms with van der Waals surface area (Å²) in [5.74, 6) is 2.72. The van der Waals surface area contributed by atoms with Crippen molar-refractivity contribution in [2.75, 3.05) is 18.6 Å². The van der Waals surface area contributed by atoms with Gasteiger partial charge < -0.3 is 14.4 Å². The molecule has 0 amide bonds. The van der Waals surface area contributed by atoms with Crippen molar-refractivity contribution >= 4 is 5.69 Å². The van der Waals surface area contributed by atoms with Gasteiger partial charge in [0.15, 0.2) is 5.75 Å². The standard InChI is InChI=1S/C29H24N2O2/c1-32-22-17-15-21(16-18-22)29-19-30(29)28-23-11-5-7-13-25(23)33-26-14-8-6-12-24(26)31(28)27(29)20-9-3-2-4-10-20/h2-18,27-28H,19H2,1H3/t27-,28+,29-,30?/m1/s1. The average Bonchev–Trinajstić information content (AvgIpc) is 3.57. The first-order valence-corrected chi connectivity index (χ1v) is 11.4. The van der Waals surface area contributed by atoms with Crippen molar-refractivity contribution < 1.29 is 9.47 Å². The highest BCUT2D eigenvalue weighted by atomic mass is 16.5. The van der Waals surface area contributed by atoms with E-state index < -0.39 is 0 Å². The third-order valence-electron chi connectivity index (χ3n) is 7.38. The number of para-hydroxylation sites is 3. The van der Waals surface area contributed by atoms with E-state index in [-0.39, 0.29) is 17.7 Å². The highest BCUT2D eigenvalue weighted by Gasteiger charge is 2.71. The Bertz CT molecular complexity index is 1340. The van der Waals surface area contributed by atoms with E-state index in [0.29, 0.717) is 0 Å². The molecule has 3 aliphatic rings. The normalized spacial score (nSPS) is 26.2. The van der Waals surface area contributed by atoms with Crippen LogP contribution in [0.3, 0.4) is 0 Å². The van der Waals surface area contributed by atoms with E-state index in [1.807, 2.05) is 0 Å². The Balaban J connectivity index is 1.49. The van der Waals surface area contributed by atoms with Crippen LogP contribution < -0.4 is 14.4 Å². The smallest absolute Gasteiger partial charge is 0.150 e.